The van der Waals surface area contributed by atoms with Gasteiger partial charge in [-0.1, -0.05) is 0 Å². The van der Waals surface area contributed by atoms with E-state index in [0.717, 1.165) is 17.7 Å². The third-order valence-electron chi connectivity index (χ3n) is 3.34. The van der Waals surface area contributed by atoms with Gasteiger partial charge in [0.1, 0.15) is 0 Å². The Balaban J connectivity index is 1.96. The van der Waals surface area contributed by atoms with Crippen molar-refractivity contribution in [3.8, 4) is 0 Å². The highest BCUT2D eigenvalue weighted by Crippen LogP contribution is 2.29. The second-order valence-corrected chi connectivity index (χ2v) is 7.56. The molecule has 2 N–H and O–H groups in total. The molecule has 1 atom stereocenters. The molecule has 0 aromatic carbocycles. The average Bonchev–Trinajstić information content (AvgIpc) is 3.15. The maximum Gasteiger partial charge on any atom is 0.328 e. The average molecular weight is 341 g/mol. The first-order chi connectivity index (χ1) is 10.8. The Bertz CT molecular complexity index is 537. The smallest absolute Gasteiger partial charge is 0.328 e. The number of nitrogens with zero attached hydrogens (tertiary/aromatic N) is 2. The predicted molar refractivity (Wildman–Crippen MR) is 86.3 cm³/mol. The van der Waals surface area contributed by atoms with Gasteiger partial charge in [-0.05, 0) is 33.6 Å². The van der Waals surface area contributed by atoms with E-state index >= 15 is 0 Å². The number of carboxylic acids is 1. The molecule has 0 radical (unpaired) electrons. The number of amides is 2. The van der Waals surface area contributed by atoms with Crippen LogP contribution in [0.2, 0.25) is 0 Å². The summed E-state index contributed by atoms with van der Waals surface area (Å²) in [5, 5.41) is 11.9. The van der Waals surface area contributed by atoms with Crippen LogP contribution >= 0.6 is 11.3 Å². The van der Waals surface area contributed by atoms with Crippen LogP contribution in [0.5, 0.6) is 0 Å². The summed E-state index contributed by atoms with van der Waals surface area (Å²) in [6, 6.07) is -1.26. The van der Waals surface area contributed by atoms with Crippen molar-refractivity contribution in [1.29, 1.82) is 0 Å². The van der Waals surface area contributed by atoms with Crippen LogP contribution in [0.3, 0.4) is 0 Å². The molecule has 0 aliphatic heterocycles. The van der Waals surface area contributed by atoms with E-state index in [2.05, 4.69) is 10.3 Å². The topological polar surface area (TPSA) is 91.8 Å². The Morgan fingerprint density at radius 3 is 2.70 bits per heavy atom. The van der Waals surface area contributed by atoms with Gasteiger partial charge in [-0.3, -0.25) is 4.98 Å². The van der Waals surface area contributed by atoms with Crippen molar-refractivity contribution >= 4 is 23.3 Å². The van der Waals surface area contributed by atoms with Crippen molar-refractivity contribution in [3.63, 3.8) is 0 Å². The number of carbonyl (C=O) groups is 2. The fourth-order valence-electron chi connectivity index (χ4n) is 1.98. The minimum absolute atomic E-state index is 0.0658. The minimum atomic E-state index is -1.10. The summed E-state index contributed by atoms with van der Waals surface area (Å²) in [6.07, 6.45) is 3.62. The van der Waals surface area contributed by atoms with Crippen LogP contribution in [0.25, 0.3) is 0 Å². The highest BCUT2D eigenvalue weighted by atomic mass is 32.1. The van der Waals surface area contributed by atoms with Crippen LogP contribution < -0.4 is 5.32 Å². The first-order valence-corrected chi connectivity index (χ1v) is 8.45. The van der Waals surface area contributed by atoms with E-state index in [1.807, 2.05) is 20.8 Å². The summed E-state index contributed by atoms with van der Waals surface area (Å²) in [7, 11) is 0. The van der Waals surface area contributed by atoms with E-state index < -0.39 is 17.6 Å². The minimum Gasteiger partial charge on any atom is -0.480 e. The van der Waals surface area contributed by atoms with Crippen molar-refractivity contribution in [2.75, 3.05) is 6.61 Å². The molecule has 1 aliphatic carbocycles. The Morgan fingerprint density at radius 1 is 1.52 bits per heavy atom. The van der Waals surface area contributed by atoms with Crippen LogP contribution in [-0.2, 0) is 16.1 Å². The zero-order valence-electron chi connectivity index (χ0n) is 13.6. The highest BCUT2D eigenvalue weighted by Gasteiger charge is 2.35. The summed E-state index contributed by atoms with van der Waals surface area (Å²) < 4.78 is 5.49. The fourth-order valence-corrected chi connectivity index (χ4v) is 2.57. The van der Waals surface area contributed by atoms with Crippen molar-refractivity contribution in [2.45, 2.75) is 57.8 Å². The second-order valence-electron chi connectivity index (χ2n) is 6.59. The van der Waals surface area contributed by atoms with Gasteiger partial charge < -0.3 is 20.1 Å². The van der Waals surface area contributed by atoms with Crippen molar-refractivity contribution in [3.05, 3.63) is 16.6 Å². The lowest BCUT2D eigenvalue weighted by molar-refractivity contribution is -0.142. The third-order valence-corrected chi connectivity index (χ3v) is 4.10. The summed E-state index contributed by atoms with van der Waals surface area (Å²) in [4.78, 5) is 30.5. The Labute approximate surface area is 139 Å². The standard InChI is InChI=1S/C15H23N3O4S/c1-15(2,3)22-8-12(13(19)20)17-14(21)18(10-4-5-10)7-11-6-16-9-23-11/h6,9-10,12H,4-5,7-8H2,1-3H3,(H,17,21)(H,19,20)/t12-/m0/s1. The zero-order valence-corrected chi connectivity index (χ0v) is 14.4. The normalized spacial score (nSPS) is 16.0. The second kappa shape index (κ2) is 7.27. The van der Waals surface area contributed by atoms with Gasteiger partial charge in [0.2, 0.25) is 0 Å². The van der Waals surface area contributed by atoms with Gasteiger partial charge >= 0.3 is 12.0 Å². The van der Waals surface area contributed by atoms with E-state index in [0.29, 0.717) is 6.54 Å². The van der Waals surface area contributed by atoms with E-state index in [-0.39, 0.29) is 18.7 Å². The number of hydrogen-bond acceptors (Lipinski definition) is 5. The van der Waals surface area contributed by atoms with Gasteiger partial charge in [-0.25, -0.2) is 9.59 Å². The van der Waals surface area contributed by atoms with E-state index in [9.17, 15) is 14.7 Å². The molecule has 2 amide bonds. The molecule has 1 aromatic rings. The number of rotatable bonds is 7. The molecule has 1 saturated carbocycles. The molecule has 1 aromatic heterocycles. The molecule has 0 bridgehead atoms. The van der Waals surface area contributed by atoms with Gasteiger partial charge in [0.15, 0.2) is 6.04 Å². The van der Waals surface area contributed by atoms with Crippen molar-refractivity contribution < 1.29 is 19.4 Å². The number of carboxylic acid groups (broad SMARTS) is 1. The molecule has 1 heterocycles. The van der Waals surface area contributed by atoms with E-state index in [1.54, 1.807) is 16.6 Å². The monoisotopic (exact) mass is 341 g/mol. The number of urea groups is 1. The lowest BCUT2D eigenvalue weighted by Gasteiger charge is -2.26. The number of thiazole rings is 1. The molecule has 23 heavy (non-hydrogen) atoms. The number of aliphatic carboxylic acids is 1. The van der Waals surface area contributed by atoms with Crippen molar-refractivity contribution in [1.82, 2.24) is 15.2 Å². The third kappa shape index (κ3) is 5.80. The molecular weight excluding hydrogens is 318 g/mol. The maximum atomic E-state index is 12.5. The van der Waals surface area contributed by atoms with Crippen LogP contribution in [0.1, 0.15) is 38.5 Å². The SMILES string of the molecule is CC(C)(C)OC[C@H](NC(=O)N(Cc1cncs1)C1CC1)C(=O)O. The maximum absolute atomic E-state index is 12.5. The summed E-state index contributed by atoms with van der Waals surface area (Å²) in [5.41, 5.74) is 1.26. The molecule has 0 spiro atoms. The number of hydrogen-bond donors (Lipinski definition) is 2. The van der Waals surface area contributed by atoms with Gasteiger partial charge in [-0.15, -0.1) is 11.3 Å². The zero-order chi connectivity index (χ0) is 17.0. The molecule has 1 aliphatic rings. The van der Waals surface area contributed by atoms with Crippen LogP contribution in [0.15, 0.2) is 11.7 Å². The van der Waals surface area contributed by atoms with Gasteiger partial charge in [0.25, 0.3) is 0 Å². The molecule has 7 nitrogen and oxygen atoms in total. The van der Waals surface area contributed by atoms with Gasteiger partial charge in [0.05, 0.1) is 24.3 Å². The number of nitrogens with one attached hydrogen (secondary N) is 1. The number of carbonyl (C=O) groups excluding carboxylic acids is 1. The molecule has 0 unspecified atom stereocenters. The number of ether oxygens (including phenoxy) is 1. The molecule has 8 heteroatoms. The van der Waals surface area contributed by atoms with Crippen LogP contribution in [0.4, 0.5) is 4.79 Å². The molecular formula is C15H23N3O4S. The molecule has 128 valence electrons. The van der Waals surface area contributed by atoms with E-state index in [1.165, 1.54) is 11.3 Å². The van der Waals surface area contributed by atoms with Crippen molar-refractivity contribution in [2.24, 2.45) is 0 Å². The highest BCUT2D eigenvalue weighted by molar-refractivity contribution is 7.09. The van der Waals surface area contributed by atoms with Crippen LogP contribution in [-0.4, -0.2) is 51.3 Å². The quantitative estimate of drug-likeness (QED) is 0.792. The lowest BCUT2D eigenvalue weighted by Crippen LogP contribution is -2.51. The summed E-state index contributed by atoms with van der Waals surface area (Å²) in [6.45, 7) is 5.91. The number of aromatic nitrogens is 1. The van der Waals surface area contributed by atoms with E-state index in [4.69, 9.17) is 4.74 Å². The van der Waals surface area contributed by atoms with Crippen LogP contribution in [0, 0.1) is 0 Å². The Morgan fingerprint density at radius 2 is 2.22 bits per heavy atom. The van der Waals surface area contributed by atoms with Gasteiger partial charge in [-0.2, -0.15) is 0 Å². The Kier molecular flexibility index (Phi) is 5.59. The lowest BCUT2D eigenvalue weighted by atomic mass is 10.2. The first kappa shape index (κ1) is 17.7. The molecule has 2 rings (SSSR count). The summed E-state index contributed by atoms with van der Waals surface area (Å²) in [5.74, 6) is -1.10. The largest absolute Gasteiger partial charge is 0.480 e. The predicted octanol–water partition coefficient (Wildman–Crippen LogP) is 2.09. The first-order valence-electron chi connectivity index (χ1n) is 7.57. The fraction of sp³-hybridized carbons (Fsp3) is 0.667. The molecule has 1 fully saturated rings. The summed E-state index contributed by atoms with van der Waals surface area (Å²) >= 11 is 1.48. The Hall–Kier alpha value is -1.67. The van der Waals surface area contributed by atoms with Gasteiger partial charge in [0, 0.05) is 17.1 Å². The molecule has 0 saturated heterocycles.